The Balaban J connectivity index is 2.18. The first-order chi connectivity index (χ1) is 8.64. The molecular weight excluding hydrogens is 250 g/mol. The fraction of sp³-hybridized carbons (Fsp3) is 0.385. The van der Waals surface area contributed by atoms with Crippen LogP contribution in [0.1, 0.15) is 6.42 Å². The zero-order valence-corrected chi connectivity index (χ0v) is 11.0. The maximum absolute atomic E-state index is 12.4. The standard InChI is InChI=1S/C13H17NO3S/c1-2-12-8-9-14(10-11-17-12)18(15,16)13-6-4-3-5-7-13/h2-7,12H,1,8-11H2. The lowest BCUT2D eigenvalue weighted by Crippen LogP contribution is -2.33. The highest BCUT2D eigenvalue weighted by molar-refractivity contribution is 7.89. The molecule has 1 heterocycles. The van der Waals surface area contributed by atoms with Crippen LogP contribution < -0.4 is 0 Å². The van der Waals surface area contributed by atoms with E-state index in [9.17, 15) is 8.42 Å². The molecule has 0 aliphatic carbocycles. The van der Waals surface area contributed by atoms with Gasteiger partial charge in [0, 0.05) is 13.1 Å². The van der Waals surface area contributed by atoms with Crippen LogP contribution in [0, 0.1) is 0 Å². The van der Waals surface area contributed by atoms with Crippen LogP contribution in [-0.2, 0) is 14.8 Å². The highest BCUT2D eigenvalue weighted by atomic mass is 32.2. The molecule has 1 aromatic rings. The molecule has 0 bridgehead atoms. The van der Waals surface area contributed by atoms with Crippen LogP contribution in [0.25, 0.3) is 0 Å². The van der Waals surface area contributed by atoms with Gasteiger partial charge in [0.15, 0.2) is 0 Å². The molecule has 5 heteroatoms. The van der Waals surface area contributed by atoms with Gasteiger partial charge in [-0.3, -0.25) is 0 Å². The van der Waals surface area contributed by atoms with E-state index in [4.69, 9.17) is 4.74 Å². The molecule has 1 fully saturated rings. The fourth-order valence-electron chi connectivity index (χ4n) is 1.94. The number of rotatable bonds is 3. The van der Waals surface area contributed by atoms with Gasteiger partial charge in [-0.2, -0.15) is 4.31 Å². The van der Waals surface area contributed by atoms with Gasteiger partial charge in [0.25, 0.3) is 0 Å². The van der Waals surface area contributed by atoms with Gasteiger partial charge in [0.05, 0.1) is 17.6 Å². The average molecular weight is 267 g/mol. The normalized spacial score (nSPS) is 22.3. The number of ether oxygens (including phenoxy) is 1. The van der Waals surface area contributed by atoms with Crippen LogP contribution in [0.15, 0.2) is 47.9 Å². The molecule has 0 aromatic heterocycles. The lowest BCUT2D eigenvalue weighted by atomic mass is 10.2. The topological polar surface area (TPSA) is 46.6 Å². The number of hydrogen-bond acceptors (Lipinski definition) is 3. The van der Waals surface area contributed by atoms with Crippen molar-refractivity contribution in [2.75, 3.05) is 19.7 Å². The Hall–Kier alpha value is -1.17. The summed E-state index contributed by atoms with van der Waals surface area (Å²) in [5.41, 5.74) is 0. The minimum Gasteiger partial charge on any atom is -0.373 e. The molecular formula is C13H17NO3S. The van der Waals surface area contributed by atoms with Crippen LogP contribution in [0.5, 0.6) is 0 Å². The predicted molar refractivity (Wildman–Crippen MR) is 69.8 cm³/mol. The first-order valence-corrected chi connectivity index (χ1v) is 7.38. The van der Waals surface area contributed by atoms with E-state index in [-0.39, 0.29) is 6.10 Å². The Morgan fingerprint density at radius 2 is 2.00 bits per heavy atom. The van der Waals surface area contributed by atoms with Crippen molar-refractivity contribution in [1.82, 2.24) is 4.31 Å². The monoisotopic (exact) mass is 267 g/mol. The molecule has 0 saturated carbocycles. The van der Waals surface area contributed by atoms with E-state index in [1.54, 1.807) is 36.4 Å². The smallest absolute Gasteiger partial charge is 0.243 e. The van der Waals surface area contributed by atoms with Crippen molar-refractivity contribution in [3.8, 4) is 0 Å². The highest BCUT2D eigenvalue weighted by Gasteiger charge is 2.26. The van der Waals surface area contributed by atoms with E-state index < -0.39 is 10.0 Å². The van der Waals surface area contributed by atoms with Crippen molar-refractivity contribution in [3.63, 3.8) is 0 Å². The summed E-state index contributed by atoms with van der Waals surface area (Å²) >= 11 is 0. The largest absolute Gasteiger partial charge is 0.373 e. The van der Waals surface area contributed by atoms with Gasteiger partial charge >= 0.3 is 0 Å². The number of nitrogens with zero attached hydrogens (tertiary/aromatic N) is 1. The van der Waals surface area contributed by atoms with Crippen molar-refractivity contribution in [2.45, 2.75) is 17.4 Å². The zero-order valence-electron chi connectivity index (χ0n) is 10.2. The Morgan fingerprint density at radius 1 is 1.28 bits per heavy atom. The number of hydrogen-bond donors (Lipinski definition) is 0. The van der Waals surface area contributed by atoms with Crippen LogP contribution in [0.4, 0.5) is 0 Å². The first kappa shape index (κ1) is 13.3. The minimum atomic E-state index is -3.40. The molecule has 18 heavy (non-hydrogen) atoms. The number of sulfonamides is 1. The summed E-state index contributed by atoms with van der Waals surface area (Å²) < 4.78 is 31.7. The molecule has 1 aromatic carbocycles. The molecule has 0 radical (unpaired) electrons. The van der Waals surface area contributed by atoms with Crippen LogP contribution in [0.3, 0.4) is 0 Å². The Morgan fingerprint density at radius 3 is 2.67 bits per heavy atom. The molecule has 1 saturated heterocycles. The molecule has 4 nitrogen and oxygen atoms in total. The van der Waals surface area contributed by atoms with E-state index in [0.29, 0.717) is 31.0 Å². The summed E-state index contributed by atoms with van der Waals surface area (Å²) in [7, 11) is -3.40. The van der Waals surface area contributed by atoms with Gasteiger partial charge in [-0.15, -0.1) is 6.58 Å². The van der Waals surface area contributed by atoms with E-state index in [2.05, 4.69) is 6.58 Å². The van der Waals surface area contributed by atoms with Crippen molar-refractivity contribution in [3.05, 3.63) is 43.0 Å². The lowest BCUT2D eigenvalue weighted by molar-refractivity contribution is 0.0966. The second kappa shape index (κ2) is 5.65. The molecule has 0 amide bonds. The van der Waals surface area contributed by atoms with Gasteiger partial charge in [-0.05, 0) is 18.6 Å². The molecule has 0 spiro atoms. The summed E-state index contributed by atoms with van der Waals surface area (Å²) in [6.45, 7) is 4.94. The maximum Gasteiger partial charge on any atom is 0.243 e. The second-order valence-corrected chi connectivity index (χ2v) is 6.09. The second-order valence-electron chi connectivity index (χ2n) is 4.15. The van der Waals surface area contributed by atoms with Crippen LogP contribution in [-0.4, -0.2) is 38.5 Å². The highest BCUT2D eigenvalue weighted by Crippen LogP contribution is 2.18. The molecule has 98 valence electrons. The van der Waals surface area contributed by atoms with E-state index in [1.165, 1.54) is 4.31 Å². The molecule has 1 aliphatic heterocycles. The van der Waals surface area contributed by atoms with Crippen molar-refractivity contribution in [1.29, 1.82) is 0 Å². The summed E-state index contributed by atoms with van der Waals surface area (Å²) in [6, 6.07) is 8.50. The third-order valence-corrected chi connectivity index (χ3v) is 4.89. The predicted octanol–water partition coefficient (Wildman–Crippen LogP) is 1.65. The van der Waals surface area contributed by atoms with Gasteiger partial charge in [-0.1, -0.05) is 24.3 Å². The van der Waals surface area contributed by atoms with Crippen molar-refractivity contribution in [2.24, 2.45) is 0 Å². The van der Waals surface area contributed by atoms with Crippen molar-refractivity contribution < 1.29 is 13.2 Å². The van der Waals surface area contributed by atoms with Gasteiger partial charge < -0.3 is 4.74 Å². The molecule has 1 unspecified atom stereocenters. The Bertz CT molecular complexity index is 498. The minimum absolute atomic E-state index is 0.0547. The Kier molecular flexibility index (Phi) is 4.16. The van der Waals surface area contributed by atoms with Gasteiger partial charge in [-0.25, -0.2) is 8.42 Å². The fourth-order valence-corrected chi connectivity index (χ4v) is 3.40. The zero-order chi connectivity index (χ0) is 13.0. The summed E-state index contributed by atoms with van der Waals surface area (Å²) in [5.74, 6) is 0. The molecule has 0 N–H and O–H groups in total. The third kappa shape index (κ3) is 2.80. The van der Waals surface area contributed by atoms with E-state index in [1.807, 2.05) is 0 Å². The van der Waals surface area contributed by atoms with Gasteiger partial charge in [0.1, 0.15) is 0 Å². The van der Waals surface area contributed by atoms with Crippen LogP contribution in [0.2, 0.25) is 0 Å². The maximum atomic E-state index is 12.4. The summed E-state index contributed by atoms with van der Waals surface area (Å²) in [4.78, 5) is 0.335. The van der Waals surface area contributed by atoms with E-state index >= 15 is 0 Å². The summed E-state index contributed by atoms with van der Waals surface area (Å²) in [6.07, 6.45) is 2.31. The quantitative estimate of drug-likeness (QED) is 0.782. The van der Waals surface area contributed by atoms with Crippen molar-refractivity contribution >= 4 is 10.0 Å². The molecule has 1 atom stereocenters. The Labute approximate surface area is 108 Å². The average Bonchev–Trinajstić information content (AvgIpc) is 2.65. The molecule has 2 rings (SSSR count). The molecule has 1 aliphatic rings. The third-order valence-electron chi connectivity index (χ3n) is 2.98. The SMILES string of the molecule is C=CC1CCN(S(=O)(=O)c2ccccc2)CCO1. The lowest BCUT2D eigenvalue weighted by Gasteiger charge is -2.19. The first-order valence-electron chi connectivity index (χ1n) is 5.94. The van der Waals surface area contributed by atoms with E-state index in [0.717, 1.165) is 0 Å². The number of benzene rings is 1. The summed E-state index contributed by atoms with van der Waals surface area (Å²) in [5, 5.41) is 0. The van der Waals surface area contributed by atoms with Crippen LogP contribution >= 0.6 is 0 Å². The van der Waals surface area contributed by atoms with Gasteiger partial charge in [0.2, 0.25) is 10.0 Å².